The van der Waals surface area contributed by atoms with Crippen LogP contribution in [0.1, 0.15) is 25.0 Å². The molecule has 4 heteroatoms. The average molecular weight is 231 g/mol. The normalized spacial score (nSPS) is 30.5. The minimum Gasteiger partial charge on any atom is -0.350 e. The third-order valence-electron chi connectivity index (χ3n) is 3.81. The molecule has 0 saturated carbocycles. The summed E-state index contributed by atoms with van der Waals surface area (Å²) in [6.07, 6.45) is 5.13. The fourth-order valence-corrected chi connectivity index (χ4v) is 2.93. The Kier molecular flexibility index (Phi) is 2.81. The van der Waals surface area contributed by atoms with E-state index in [4.69, 9.17) is 0 Å². The molecule has 2 aliphatic rings. The number of hydrogen-bond donors (Lipinski definition) is 2. The van der Waals surface area contributed by atoms with Crippen LogP contribution in [-0.2, 0) is 11.3 Å². The lowest BCUT2D eigenvalue weighted by Gasteiger charge is -2.19. The molecule has 0 aromatic carbocycles. The summed E-state index contributed by atoms with van der Waals surface area (Å²) in [5.41, 5.74) is 0.914. The fraction of sp³-hybridized carbons (Fsp3) is 0.538. The Morgan fingerprint density at radius 1 is 1.47 bits per heavy atom. The first-order valence-electron chi connectivity index (χ1n) is 6.26. The third-order valence-corrected chi connectivity index (χ3v) is 3.81. The van der Waals surface area contributed by atoms with Crippen molar-refractivity contribution in [2.45, 2.75) is 37.9 Å². The molecular weight excluding hydrogens is 214 g/mol. The van der Waals surface area contributed by atoms with E-state index in [9.17, 15) is 4.79 Å². The van der Waals surface area contributed by atoms with Crippen LogP contribution >= 0.6 is 0 Å². The molecule has 2 saturated heterocycles. The van der Waals surface area contributed by atoms with Gasteiger partial charge in [-0.05, 0) is 31.4 Å². The molecule has 2 N–H and O–H groups in total. The molecule has 4 nitrogen and oxygen atoms in total. The van der Waals surface area contributed by atoms with Gasteiger partial charge < -0.3 is 10.6 Å². The van der Waals surface area contributed by atoms with Crippen LogP contribution in [-0.4, -0.2) is 23.0 Å². The van der Waals surface area contributed by atoms with Gasteiger partial charge in [-0.15, -0.1) is 0 Å². The summed E-state index contributed by atoms with van der Waals surface area (Å²) in [6.45, 7) is 0.535. The molecule has 0 aliphatic carbocycles. The lowest BCUT2D eigenvalue weighted by molar-refractivity contribution is -0.125. The Bertz CT molecular complexity index is 406. The second-order valence-electron chi connectivity index (χ2n) is 4.93. The third kappa shape index (κ3) is 2.17. The number of hydrogen-bond acceptors (Lipinski definition) is 3. The molecule has 2 fully saturated rings. The first kappa shape index (κ1) is 10.7. The van der Waals surface area contributed by atoms with E-state index in [0.29, 0.717) is 18.6 Å². The quantitative estimate of drug-likeness (QED) is 0.810. The standard InChI is InChI=1S/C13H17N3O/c17-13(11-7-9-4-5-12(11)16-9)15-8-10-3-1-2-6-14-10/h1-3,6,9,11-12,16H,4-5,7-8H2,(H,15,17). The zero-order chi connectivity index (χ0) is 11.7. The maximum Gasteiger partial charge on any atom is 0.225 e. The highest BCUT2D eigenvalue weighted by molar-refractivity contribution is 5.80. The van der Waals surface area contributed by atoms with Gasteiger partial charge in [0.2, 0.25) is 5.91 Å². The molecule has 3 rings (SSSR count). The van der Waals surface area contributed by atoms with E-state index in [0.717, 1.165) is 18.5 Å². The largest absolute Gasteiger partial charge is 0.350 e. The van der Waals surface area contributed by atoms with Crippen LogP contribution < -0.4 is 10.6 Å². The number of fused-ring (bicyclic) bond motifs is 2. The van der Waals surface area contributed by atoms with Gasteiger partial charge in [0.05, 0.1) is 18.2 Å². The van der Waals surface area contributed by atoms with Crippen molar-refractivity contribution in [3.63, 3.8) is 0 Å². The number of aromatic nitrogens is 1. The number of amides is 1. The molecule has 2 aliphatic heterocycles. The SMILES string of the molecule is O=C(NCc1ccccn1)C1CC2CCC1N2. The zero-order valence-corrected chi connectivity index (χ0v) is 9.73. The predicted octanol–water partition coefficient (Wildman–Crippen LogP) is 0.838. The summed E-state index contributed by atoms with van der Waals surface area (Å²) in [4.78, 5) is 16.2. The van der Waals surface area contributed by atoms with Crippen LogP contribution in [0.5, 0.6) is 0 Å². The number of rotatable bonds is 3. The van der Waals surface area contributed by atoms with Crippen molar-refractivity contribution in [2.75, 3.05) is 0 Å². The Hall–Kier alpha value is -1.42. The average Bonchev–Trinajstić information content (AvgIpc) is 2.99. The van der Waals surface area contributed by atoms with Crippen molar-refractivity contribution in [2.24, 2.45) is 5.92 Å². The molecule has 1 amide bonds. The molecule has 3 heterocycles. The second kappa shape index (κ2) is 4.45. The molecule has 17 heavy (non-hydrogen) atoms. The number of carbonyl (C=O) groups excluding carboxylic acids is 1. The predicted molar refractivity (Wildman–Crippen MR) is 64.1 cm³/mol. The van der Waals surface area contributed by atoms with Crippen LogP contribution in [0.25, 0.3) is 0 Å². The van der Waals surface area contributed by atoms with Crippen LogP contribution in [0.2, 0.25) is 0 Å². The summed E-state index contributed by atoms with van der Waals surface area (Å²) >= 11 is 0. The van der Waals surface area contributed by atoms with Crippen molar-refractivity contribution < 1.29 is 4.79 Å². The maximum absolute atomic E-state index is 12.0. The van der Waals surface area contributed by atoms with E-state index in [1.807, 2.05) is 18.2 Å². The molecule has 90 valence electrons. The molecule has 0 radical (unpaired) electrons. The van der Waals surface area contributed by atoms with Gasteiger partial charge in [-0.3, -0.25) is 9.78 Å². The highest BCUT2D eigenvalue weighted by Crippen LogP contribution is 2.33. The highest BCUT2D eigenvalue weighted by Gasteiger charge is 2.42. The Morgan fingerprint density at radius 2 is 2.41 bits per heavy atom. The second-order valence-corrected chi connectivity index (χ2v) is 4.93. The van der Waals surface area contributed by atoms with Gasteiger partial charge in [0.25, 0.3) is 0 Å². The van der Waals surface area contributed by atoms with Crippen LogP contribution in [0.4, 0.5) is 0 Å². The summed E-state index contributed by atoms with van der Waals surface area (Å²) in [6, 6.07) is 6.73. The first-order chi connectivity index (χ1) is 8.33. The summed E-state index contributed by atoms with van der Waals surface area (Å²) in [5, 5.41) is 6.46. The number of nitrogens with zero attached hydrogens (tertiary/aromatic N) is 1. The van der Waals surface area contributed by atoms with Crippen molar-refractivity contribution in [3.8, 4) is 0 Å². The maximum atomic E-state index is 12.0. The van der Waals surface area contributed by atoms with Crippen molar-refractivity contribution in [3.05, 3.63) is 30.1 Å². The monoisotopic (exact) mass is 231 g/mol. The molecular formula is C13H17N3O. The Balaban J connectivity index is 1.54. The van der Waals surface area contributed by atoms with Crippen LogP contribution in [0.3, 0.4) is 0 Å². The highest BCUT2D eigenvalue weighted by atomic mass is 16.1. The lowest BCUT2D eigenvalue weighted by Crippen LogP contribution is -2.37. The van der Waals surface area contributed by atoms with E-state index in [1.165, 1.54) is 6.42 Å². The van der Waals surface area contributed by atoms with E-state index in [-0.39, 0.29) is 11.8 Å². The van der Waals surface area contributed by atoms with Gasteiger partial charge in [0.1, 0.15) is 0 Å². The fourth-order valence-electron chi connectivity index (χ4n) is 2.93. The van der Waals surface area contributed by atoms with Crippen molar-refractivity contribution in [1.29, 1.82) is 0 Å². The molecule has 3 unspecified atom stereocenters. The van der Waals surface area contributed by atoms with Crippen molar-refractivity contribution in [1.82, 2.24) is 15.6 Å². The molecule has 2 bridgehead atoms. The van der Waals surface area contributed by atoms with E-state index in [2.05, 4.69) is 15.6 Å². The minimum absolute atomic E-state index is 0.164. The molecule has 0 spiro atoms. The lowest BCUT2D eigenvalue weighted by atomic mass is 9.88. The van der Waals surface area contributed by atoms with Gasteiger partial charge in [-0.2, -0.15) is 0 Å². The molecule has 1 aromatic rings. The summed E-state index contributed by atoms with van der Waals surface area (Å²) in [5.74, 6) is 0.341. The smallest absolute Gasteiger partial charge is 0.225 e. The van der Waals surface area contributed by atoms with Crippen molar-refractivity contribution >= 4 is 5.91 Å². The van der Waals surface area contributed by atoms with Crippen LogP contribution in [0.15, 0.2) is 24.4 Å². The van der Waals surface area contributed by atoms with Gasteiger partial charge in [0.15, 0.2) is 0 Å². The first-order valence-corrected chi connectivity index (χ1v) is 6.26. The van der Waals surface area contributed by atoms with E-state index in [1.54, 1.807) is 6.20 Å². The Morgan fingerprint density at radius 3 is 3.06 bits per heavy atom. The number of nitrogens with one attached hydrogen (secondary N) is 2. The van der Waals surface area contributed by atoms with Gasteiger partial charge >= 0.3 is 0 Å². The topological polar surface area (TPSA) is 54.0 Å². The Labute approximate surface area is 101 Å². The zero-order valence-electron chi connectivity index (χ0n) is 9.73. The minimum atomic E-state index is 0.164. The molecule has 3 atom stereocenters. The summed E-state index contributed by atoms with van der Waals surface area (Å²) < 4.78 is 0. The van der Waals surface area contributed by atoms with E-state index < -0.39 is 0 Å². The van der Waals surface area contributed by atoms with Gasteiger partial charge in [0, 0.05) is 18.3 Å². The van der Waals surface area contributed by atoms with Gasteiger partial charge in [-0.25, -0.2) is 0 Å². The van der Waals surface area contributed by atoms with Crippen LogP contribution in [0, 0.1) is 5.92 Å². The summed E-state index contributed by atoms with van der Waals surface area (Å²) in [7, 11) is 0. The number of carbonyl (C=O) groups is 1. The van der Waals surface area contributed by atoms with E-state index >= 15 is 0 Å². The molecule has 1 aromatic heterocycles. The van der Waals surface area contributed by atoms with Gasteiger partial charge in [-0.1, -0.05) is 6.07 Å². The number of pyridine rings is 1.